The van der Waals surface area contributed by atoms with Gasteiger partial charge in [-0.05, 0) is 36.4 Å². The highest BCUT2D eigenvalue weighted by atomic mass is 32.1. The van der Waals surface area contributed by atoms with Crippen LogP contribution in [0.1, 0.15) is 47.5 Å². The molecule has 6 nitrogen and oxygen atoms in total. The van der Waals surface area contributed by atoms with Crippen molar-refractivity contribution >= 4 is 51.1 Å². The number of fused-ring (bicyclic) bond motifs is 1. The van der Waals surface area contributed by atoms with Gasteiger partial charge in [0.05, 0.1) is 16.7 Å². The number of esters is 2. The second-order valence-corrected chi connectivity index (χ2v) is 10.7. The fourth-order valence-corrected chi connectivity index (χ4v) is 4.66. The fraction of sp³-hybridized carbons (Fsp3) is 0.417. The number of aromatic nitrogens is 1. The Morgan fingerprint density at radius 2 is 1.78 bits per heavy atom. The summed E-state index contributed by atoms with van der Waals surface area (Å²) in [5.41, 5.74) is 0.00934. The Balaban J connectivity index is 1.90. The maximum atomic E-state index is 12.7. The van der Waals surface area contributed by atoms with E-state index in [1.54, 1.807) is 44.2 Å². The third kappa shape index (κ3) is 5.61. The molecule has 0 saturated heterocycles. The highest BCUT2D eigenvalue weighted by Gasteiger charge is 2.24. The molecule has 170 valence electrons. The van der Waals surface area contributed by atoms with Crippen molar-refractivity contribution in [3.05, 3.63) is 29.6 Å². The van der Waals surface area contributed by atoms with Crippen LogP contribution in [0.3, 0.4) is 0 Å². The SMILES string of the molecule is CC(C)C(=O)Oc1ccc(OC(=O)[C@@H](C)CCC(C)(C)C=O)c2nc(-c3cccs3)sc12. The monoisotopic (exact) mass is 473 g/mol. The molecule has 0 N–H and O–H groups in total. The first-order valence-corrected chi connectivity index (χ1v) is 12.2. The van der Waals surface area contributed by atoms with Crippen molar-refractivity contribution in [1.82, 2.24) is 4.98 Å². The molecule has 2 aromatic heterocycles. The van der Waals surface area contributed by atoms with Gasteiger partial charge in [0.15, 0.2) is 11.5 Å². The van der Waals surface area contributed by atoms with Crippen LogP contribution in [0.15, 0.2) is 29.6 Å². The minimum Gasteiger partial charge on any atom is -0.425 e. The van der Waals surface area contributed by atoms with Crippen LogP contribution in [0.4, 0.5) is 0 Å². The van der Waals surface area contributed by atoms with Gasteiger partial charge in [0.1, 0.15) is 21.5 Å². The number of benzene rings is 1. The van der Waals surface area contributed by atoms with Crippen LogP contribution >= 0.6 is 22.7 Å². The first kappa shape index (κ1) is 24.1. The van der Waals surface area contributed by atoms with Crippen molar-refractivity contribution in [2.45, 2.75) is 47.5 Å². The van der Waals surface area contributed by atoms with E-state index in [1.807, 2.05) is 31.4 Å². The van der Waals surface area contributed by atoms with Crippen LogP contribution in [0, 0.1) is 17.3 Å². The molecule has 0 amide bonds. The summed E-state index contributed by atoms with van der Waals surface area (Å²) in [6.45, 7) is 9.02. The van der Waals surface area contributed by atoms with Crippen molar-refractivity contribution < 1.29 is 23.9 Å². The lowest BCUT2D eigenvalue weighted by Crippen LogP contribution is -2.21. The summed E-state index contributed by atoms with van der Waals surface area (Å²) in [5, 5.41) is 2.73. The van der Waals surface area contributed by atoms with E-state index in [4.69, 9.17) is 14.5 Å². The van der Waals surface area contributed by atoms with Gasteiger partial charge in [-0.3, -0.25) is 9.59 Å². The Labute approximate surface area is 195 Å². The maximum absolute atomic E-state index is 12.7. The second kappa shape index (κ2) is 9.92. The second-order valence-electron chi connectivity index (χ2n) is 8.78. The minimum atomic E-state index is -0.478. The predicted molar refractivity (Wildman–Crippen MR) is 127 cm³/mol. The summed E-state index contributed by atoms with van der Waals surface area (Å²) >= 11 is 2.95. The predicted octanol–water partition coefficient (Wildman–Crippen LogP) is 6.13. The number of hydrogen-bond acceptors (Lipinski definition) is 8. The number of hydrogen-bond donors (Lipinski definition) is 0. The summed E-state index contributed by atoms with van der Waals surface area (Å²) < 4.78 is 11.9. The Kier molecular flexibility index (Phi) is 7.46. The molecule has 0 spiro atoms. The van der Waals surface area contributed by atoms with Gasteiger partial charge in [-0.1, -0.05) is 40.7 Å². The summed E-state index contributed by atoms with van der Waals surface area (Å²) in [6, 6.07) is 7.16. The van der Waals surface area contributed by atoms with Crippen LogP contribution < -0.4 is 9.47 Å². The van der Waals surface area contributed by atoms with Crippen molar-refractivity contribution in [3.63, 3.8) is 0 Å². The highest BCUT2D eigenvalue weighted by molar-refractivity contribution is 7.25. The standard InChI is InChI=1S/C24H27NO5S2/c1-14(2)22(27)30-17-9-8-16(29-23(28)15(3)10-11-24(4,5)13-26)19-20(17)32-21(25-19)18-7-6-12-31-18/h6-9,12-15H,10-11H2,1-5H3/t15-/m0/s1. The molecule has 1 atom stereocenters. The lowest BCUT2D eigenvalue weighted by Gasteiger charge is -2.19. The molecule has 0 aliphatic carbocycles. The summed E-state index contributed by atoms with van der Waals surface area (Å²) in [4.78, 5) is 41.7. The number of thiophene rings is 1. The van der Waals surface area contributed by atoms with Crippen molar-refractivity contribution in [3.8, 4) is 21.4 Å². The summed E-state index contributed by atoms with van der Waals surface area (Å²) in [5.74, 6) is -0.643. The lowest BCUT2D eigenvalue weighted by atomic mass is 9.86. The van der Waals surface area contributed by atoms with Gasteiger partial charge in [0.25, 0.3) is 0 Å². The molecule has 0 aliphatic heterocycles. The molecule has 3 rings (SSSR count). The summed E-state index contributed by atoms with van der Waals surface area (Å²) in [7, 11) is 0. The number of carbonyl (C=O) groups is 3. The van der Waals surface area contributed by atoms with Crippen LogP contribution in [0.25, 0.3) is 20.1 Å². The van der Waals surface area contributed by atoms with Crippen LogP contribution in [0.2, 0.25) is 0 Å². The molecule has 2 heterocycles. The van der Waals surface area contributed by atoms with Gasteiger partial charge >= 0.3 is 11.9 Å². The zero-order chi connectivity index (χ0) is 23.5. The Bertz CT molecular complexity index is 1120. The van der Waals surface area contributed by atoms with Gasteiger partial charge in [-0.15, -0.1) is 22.7 Å². The minimum absolute atomic E-state index is 0.274. The topological polar surface area (TPSA) is 82.6 Å². The highest BCUT2D eigenvalue weighted by Crippen LogP contribution is 2.42. The van der Waals surface area contributed by atoms with Gasteiger partial charge in [0.2, 0.25) is 0 Å². The van der Waals surface area contributed by atoms with Gasteiger partial charge in [0, 0.05) is 5.41 Å². The van der Waals surface area contributed by atoms with Gasteiger partial charge in [-0.25, -0.2) is 4.98 Å². The normalized spacial score (nSPS) is 12.7. The maximum Gasteiger partial charge on any atom is 0.314 e. The van der Waals surface area contributed by atoms with E-state index < -0.39 is 5.41 Å². The van der Waals surface area contributed by atoms with E-state index in [2.05, 4.69) is 0 Å². The zero-order valence-electron chi connectivity index (χ0n) is 18.8. The van der Waals surface area contributed by atoms with E-state index in [1.165, 1.54) is 11.3 Å². The number of ether oxygens (including phenoxy) is 2. The third-order valence-corrected chi connectivity index (χ3v) is 7.15. The van der Waals surface area contributed by atoms with Crippen molar-refractivity contribution in [1.29, 1.82) is 0 Å². The molecule has 0 unspecified atom stereocenters. The smallest absolute Gasteiger partial charge is 0.314 e. The summed E-state index contributed by atoms with van der Waals surface area (Å²) in [6.07, 6.45) is 2.04. The van der Waals surface area contributed by atoms with Crippen molar-refractivity contribution in [2.75, 3.05) is 0 Å². The lowest BCUT2D eigenvalue weighted by molar-refractivity contribution is -0.139. The Hall–Kier alpha value is -2.58. The van der Waals surface area contributed by atoms with Gasteiger partial charge < -0.3 is 14.3 Å². The molecule has 0 fully saturated rings. The van der Waals surface area contributed by atoms with E-state index in [9.17, 15) is 14.4 Å². The molecule has 3 aromatic rings. The number of carbonyl (C=O) groups excluding carboxylic acids is 3. The molecule has 0 bridgehead atoms. The Morgan fingerprint density at radius 1 is 1.09 bits per heavy atom. The number of aldehydes is 1. The average Bonchev–Trinajstić information content (AvgIpc) is 3.43. The first-order chi connectivity index (χ1) is 15.1. The van der Waals surface area contributed by atoms with Crippen molar-refractivity contribution in [2.24, 2.45) is 17.3 Å². The number of rotatable bonds is 9. The largest absolute Gasteiger partial charge is 0.425 e. The molecule has 0 saturated carbocycles. The molecular formula is C24H27NO5S2. The van der Waals surface area contributed by atoms with Crippen LogP contribution in [0.5, 0.6) is 11.5 Å². The molecule has 32 heavy (non-hydrogen) atoms. The average molecular weight is 474 g/mol. The number of nitrogens with zero attached hydrogens (tertiary/aromatic N) is 1. The van der Waals surface area contributed by atoms with E-state index in [0.29, 0.717) is 34.6 Å². The molecule has 0 aliphatic rings. The van der Waals surface area contributed by atoms with Gasteiger partial charge in [-0.2, -0.15) is 0 Å². The molecule has 1 aromatic carbocycles. The van der Waals surface area contributed by atoms with E-state index >= 15 is 0 Å². The Morgan fingerprint density at radius 3 is 2.41 bits per heavy atom. The first-order valence-electron chi connectivity index (χ1n) is 10.5. The van der Waals surface area contributed by atoms with E-state index in [-0.39, 0.29) is 23.8 Å². The van der Waals surface area contributed by atoms with Crippen LogP contribution in [-0.2, 0) is 14.4 Å². The third-order valence-electron chi connectivity index (χ3n) is 5.04. The van der Waals surface area contributed by atoms with E-state index in [0.717, 1.165) is 16.2 Å². The zero-order valence-corrected chi connectivity index (χ0v) is 20.5. The number of thiazole rings is 1. The molecule has 8 heteroatoms. The quantitative estimate of drug-likeness (QED) is 0.211. The fourth-order valence-electron chi connectivity index (χ4n) is 2.83. The van der Waals surface area contributed by atoms with Crippen LogP contribution in [-0.4, -0.2) is 23.2 Å². The molecular weight excluding hydrogens is 446 g/mol. The molecule has 0 radical (unpaired) electrons.